The van der Waals surface area contributed by atoms with Crippen LogP contribution in [-0.4, -0.2) is 28.8 Å². The topological polar surface area (TPSA) is 63.5 Å². The van der Waals surface area contributed by atoms with Crippen LogP contribution < -0.4 is 0 Å². The lowest BCUT2D eigenvalue weighted by Gasteiger charge is -2.17. The van der Waals surface area contributed by atoms with Crippen LogP contribution >= 0.6 is 0 Å². The molecule has 0 atom stereocenters. The number of benzene rings is 1. The molecule has 0 N–H and O–H groups in total. The van der Waals surface area contributed by atoms with Gasteiger partial charge in [-0.15, -0.1) is 6.42 Å². The van der Waals surface area contributed by atoms with E-state index in [0.717, 1.165) is 12.8 Å². The Morgan fingerprint density at radius 1 is 1.52 bits per heavy atom. The van der Waals surface area contributed by atoms with Gasteiger partial charge in [-0.05, 0) is 30.4 Å². The van der Waals surface area contributed by atoms with Gasteiger partial charge in [0, 0.05) is 24.8 Å². The molecule has 5 heteroatoms. The molecule has 1 amide bonds. The second-order valence-electron chi connectivity index (χ2n) is 5.05. The molecule has 0 heterocycles. The van der Waals surface area contributed by atoms with Crippen molar-refractivity contribution in [1.29, 1.82) is 0 Å². The van der Waals surface area contributed by atoms with Crippen LogP contribution in [0.15, 0.2) is 30.3 Å². The molecule has 1 aromatic rings. The van der Waals surface area contributed by atoms with Crippen molar-refractivity contribution in [3.8, 4) is 12.3 Å². The smallest absolute Gasteiger partial charge is 0.270 e. The lowest BCUT2D eigenvalue weighted by atomic mass is 10.2. The highest BCUT2D eigenvalue weighted by molar-refractivity contribution is 5.92. The fourth-order valence-electron chi connectivity index (χ4n) is 1.97. The molecule has 0 unspecified atom stereocenters. The van der Waals surface area contributed by atoms with Crippen LogP contribution in [0.5, 0.6) is 0 Å². The molecule has 1 aromatic carbocycles. The van der Waals surface area contributed by atoms with E-state index in [-0.39, 0.29) is 18.1 Å². The Kier molecular flexibility index (Phi) is 4.72. The SMILES string of the molecule is C#CCN(CC1CC1)C(=O)/C=C/c1cccc([N+](=O)[O-])c1. The molecule has 0 radical (unpaired) electrons. The van der Waals surface area contributed by atoms with Gasteiger partial charge in [0.2, 0.25) is 5.91 Å². The van der Waals surface area contributed by atoms with Crippen molar-refractivity contribution in [2.75, 3.05) is 13.1 Å². The molecule has 0 spiro atoms. The number of carbonyl (C=O) groups excluding carboxylic acids is 1. The van der Waals surface area contributed by atoms with E-state index in [2.05, 4.69) is 5.92 Å². The highest BCUT2D eigenvalue weighted by Gasteiger charge is 2.25. The summed E-state index contributed by atoms with van der Waals surface area (Å²) in [6.07, 6.45) is 10.6. The Morgan fingerprint density at radius 2 is 2.29 bits per heavy atom. The van der Waals surface area contributed by atoms with E-state index >= 15 is 0 Å². The first kappa shape index (κ1) is 14.8. The number of nitro benzene ring substituents is 1. The van der Waals surface area contributed by atoms with E-state index in [1.165, 1.54) is 18.2 Å². The highest BCUT2D eigenvalue weighted by atomic mass is 16.6. The molecule has 0 saturated heterocycles. The molecule has 1 fully saturated rings. The molecule has 1 aliphatic rings. The third kappa shape index (κ3) is 4.46. The fourth-order valence-corrected chi connectivity index (χ4v) is 1.97. The highest BCUT2D eigenvalue weighted by Crippen LogP contribution is 2.29. The zero-order valence-electron chi connectivity index (χ0n) is 11.6. The lowest BCUT2D eigenvalue weighted by molar-refractivity contribution is -0.384. The summed E-state index contributed by atoms with van der Waals surface area (Å²) in [5, 5.41) is 10.7. The number of carbonyl (C=O) groups is 1. The summed E-state index contributed by atoms with van der Waals surface area (Å²) < 4.78 is 0. The normalized spacial score (nSPS) is 13.9. The number of hydrogen-bond acceptors (Lipinski definition) is 3. The van der Waals surface area contributed by atoms with Gasteiger partial charge in [0.25, 0.3) is 5.69 Å². The van der Waals surface area contributed by atoms with Gasteiger partial charge < -0.3 is 4.90 Å². The van der Waals surface area contributed by atoms with Gasteiger partial charge in [-0.25, -0.2) is 0 Å². The van der Waals surface area contributed by atoms with Crippen molar-refractivity contribution in [1.82, 2.24) is 4.90 Å². The van der Waals surface area contributed by atoms with E-state index in [1.54, 1.807) is 23.1 Å². The average molecular weight is 284 g/mol. The first-order valence-corrected chi connectivity index (χ1v) is 6.75. The van der Waals surface area contributed by atoms with Crippen LogP contribution in [0.2, 0.25) is 0 Å². The number of nitrogens with zero attached hydrogens (tertiary/aromatic N) is 2. The summed E-state index contributed by atoms with van der Waals surface area (Å²) in [7, 11) is 0. The van der Waals surface area contributed by atoms with Crippen molar-refractivity contribution in [2.24, 2.45) is 5.92 Å². The van der Waals surface area contributed by atoms with Gasteiger partial charge in [0.05, 0.1) is 11.5 Å². The van der Waals surface area contributed by atoms with Crippen molar-refractivity contribution >= 4 is 17.7 Å². The first-order valence-electron chi connectivity index (χ1n) is 6.75. The number of terminal acetylenes is 1. The Hall–Kier alpha value is -2.61. The van der Waals surface area contributed by atoms with E-state index in [4.69, 9.17) is 6.42 Å². The summed E-state index contributed by atoms with van der Waals surface area (Å²) >= 11 is 0. The van der Waals surface area contributed by atoms with Crippen LogP contribution in [-0.2, 0) is 4.79 Å². The van der Waals surface area contributed by atoms with Crippen molar-refractivity contribution in [3.05, 3.63) is 46.0 Å². The van der Waals surface area contributed by atoms with Crippen molar-refractivity contribution in [3.63, 3.8) is 0 Å². The fraction of sp³-hybridized carbons (Fsp3) is 0.312. The number of non-ortho nitro benzene ring substituents is 1. The Balaban J connectivity index is 2.04. The van der Waals surface area contributed by atoms with Gasteiger partial charge in [-0.2, -0.15) is 0 Å². The van der Waals surface area contributed by atoms with Crippen LogP contribution in [0.3, 0.4) is 0 Å². The molecule has 0 bridgehead atoms. The number of amides is 1. The van der Waals surface area contributed by atoms with E-state index in [9.17, 15) is 14.9 Å². The predicted molar refractivity (Wildman–Crippen MR) is 80.3 cm³/mol. The molecule has 1 saturated carbocycles. The first-order chi connectivity index (χ1) is 10.1. The van der Waals surface area contributed by atoms with Crippen LogP contribution in [0, 0.1) is 28.4 Å². The van der Waals surface area contributed by atoms with Crippen LogP contribution in [0.25, 0.3) is 6.08 Å². The number of nitro groups is 1. The Labute approximate surface area is 123 Å². The van der Waals surface area contributed by atoms with Crippen molar-refractivity contribution in [2.45, 2.75) is 12.8 Å². The minimum Gasteiger partial charge on any atom is -0.328 e. The Bertz CT molecular complexity index is 612. The number of hydrogen-bond donors (Lipinski definition) is 0. The summed E-state index contributed by atoms with van der Waals surface area (Å²) in [5.74, 6) is 2.89. The average Bonchev–Trinajstić information content (AvgIpc) is 3.28. The summed E-state index contributed by atoms with van der Waals surface area (Å²) in [6.45, 7) is 0.969. The largest absolute Gasteiger partial charge is 0.328 e. The molecular weight excluding hydrogens is 268 g/mol. The minimum absolute atomic E-state index is 0.00283. The van der Waals surface area contributed by atoms with E-state index in [1.807, 2.05) is 0 Å². The molecule has 1 aliphatic carbocycles. The quantitative estimate of drug-likeness (QED) is 0.349. The van der Waals surface area contributed by atoms with Crippen molar-refractivity contribution < 1.29 is 9.72 Å². The third-order valence-corrected chi connectivity index (χ3v) is 3.27. The van der Waals surface area contributed by atoms with Gasteiger partial charge in [0.15, 0.2) is 0 Å². The molecule has 0 aromatic heterocycles. The predicted octanol–water partition coefficient (Wildman–Crippen LogP) is 2.48. The van der Waals surface area contributed by atoms with E-state index in [0.29, 0.717) is 18.0 Å². The lowest BCUT2D eigenvalue weighted by Crippen LogP contribution is -2.31. The number of rotatable bonds is 6. The second-order valence-corrected chi connectivity index (χ2v) is 5.05. The maximum Gasteiger partial charge on any atom is 0.270 e. The minimum atomic E-state index is -0.461. The summed E-state index contributed by atoms with van der Waals surface area (Å²) in [4.78, 5) is 24.0. The molecule has 108 valence electrons. The molecule has 2 rings (SSSR count). The van der Waals surface area contributed by atoms with Gasteiger partial charge >= 0.3 is 0 Å². The molecule has 5 nitrogen and oxygen atoms in total. The zero-order chi connectivity index (χ0) is 15.2. The van der Waals surface area contributed by atoms with Gasteiger partial charge in [-0.1, -0.05) is 18.1 Å². The summed E-state index contributed by atoms with van der Waals surface area (Å²) in [6, 6.07) is 6.14. The maximum absolute atomic E-state index is 12.1. The summed E-state index contributed by atoms with van der Waals surface area (Å²) in [5.41, 5.74) is 0.618. The van der Waals surface area contributed by atoms with Gasteiger partial charge in [0.1, 0.15) is 0 Å². The van der Waals surface area contributed by atoms with Crippen LogP contribution in [0.1, 0.15) is 18.4 Å². The monoisotopic (exact) mass is 284 g/mol. The zero-order valence-corrected chi connectivity index (χ0v) is 11.6. The third-order valence-electron chi connectivity index (χ3n) is 3.27. The second kappa shape index (κ2) is 6.71. The molecular formula is C16H16N2O3. The van der Waals surface area contributed by atoms with Crippen LogP contribution in [0.4, 0.5) is 5.69 Å². The van der Waals surface area contributed by atoms with E-state index < -0.39 is 4.92 Å². The molecule has 0 aliphatic heterocycles. The standard InChI is InChI=1S/C16H16N2O3/c1-2-10-17(12-14-6-7-14)16(19)9-8-13-4-3-5-15(11-13)18(20)21/h1,3-5,8-9,11,14H,6-7,10,12H2/b9-8+. The molecule has 21 heavy (non-hydrogen) atoms. The van der Waals surface area contributed by atoms with Gasteiger partial charge in [-0.3, -0.25) is 14.9 Å². The maximum atomic E-state index is 12.1. The Morgan fingerprint density at radius 3 is 2.90 bits per heavy atom.